The summed E-state index contributed by atoms with van der Waals surface area (Å²) in [5, 5.41) is 0. The summed E-state index contributed by atoms with van der Waals surface area (Å²) >= 11 is 0. The standard InChI is InChI=1S/C26H37FN2O2/c1-3-4-5-6-7-8-9-10-17-29-25(30)23(21-11-13-22(27)14-12-21)24(26(29)31)28-18-15-20(2)16-19-28/h11-14,20H,3-10,15-19H2,1-2H3. The first-order valence-corrected chi connectivity index (χ1v) is 12.1. The van der Waals surface area contributed by atoms with Crippen molar-refractivity contribution in [1.29, 1.82) is 0 Å². The molecule has 0 aromatic heterocycles. The lowest BCUT2D eigenvalue weighted by Crippen LogP contribution is -2.38. The number of amides is 2. The summed E-state index contributed by atoms with van der Waals surface area (Å²) < 4.78 is 13.5. The fourth-order valence-electron chi connectivity index (χ4n) is 4.57. The van der Waals surface area contributed by atoms with Crippen molar-refractivity contribution in [3.63, 3.8) is 0 Å². The number of hydrogen-bond donors (Lipinski definition) is 0. The van der Waals surface area contributed by atoms with Crippen LogP contribution in [0.25, 0.3) is 5.57 Å². The van der Waals surface area contributed by atoms with Crippen molar-refractivity contribution in [3.05, 3.63) is 41.3 Å². The molecular formula is C26H37FN2O2. The van der Waals surface area contributed by atoms with E-state index in [1.807, 2.05) is 0 Å². The van der Waals surface area contributed by atoms with Crippen LogP contribution < -0.4 is 0 Å². The molecule has 3 rings (SSSR count). The Kier molecular flexibility index (Phi) is 8.68. The molecular weight excluding hydrogens is 391 g/mol. The van der Waals surface area contributed by atoms with Gasteiger partial charge in [0.05, 0.1) is 5.57 Å². The molecule has 0 unspecified atom stereocenters. The van der Waals surface area contributed by atoms with Gasteiger partial charge in [0.2, 0.25) is 0 Å². The van der Waals surface area contributed by atoms with E-state index in [0.29, 0.717) is 29.3 Å². The number of hydrogen-bond acceptors (Lipinski definition) is 3. The lowest BCUT2D eigenvalue weighted by molar-refractivity contribution is -0.137. The Labute approximate surface area is 186 Å². The summed E-state index contributed by atoms with van der Waals surface area (Å²) in [4.78, 5) is 30.1. The predicted octanol–water partition coefficient (Wildman–Crippen LogP) is 5.78. The van der Waals surface area contributed by atoms with E-state index in [0.717, 1.165) is 45.2 Å². The quantitative estimate of drug-likeness (QED) is 0.331. The van der Waals surface area contributed by atoms with Crippen LogP contribution in [0.15, 0.2) is 30.0 Å². The SMILES string of the molecule is CCCCCCCCCCN1C(=O)C(c2ccc(F)cc2)=C(N2CCC(C)CC2)C1=O. The van der Waals surface area contributed by atoms with Gasteiger partial charge in [-0.2, -0.15) is 0 Å². The molecule has 4 nitrogen and oxygen atoms in total. The van der Waals surface area contributed by atoms with Crippen molar-refractivity contribution in [2.24, 2.45) is 5.92 Å². The van der Waals surface area contributed by atoms with Gasteiger partial charge in [0.15, 0.2) is 0 Å². The van der Waals surface area contributed by atoms with Crippen molar-refractivity contribution in [3.8, 4) is 0 Å². The first-order chi connectivity index (χ1) is 15.0. The van der Waals surface area contributed by atoms with Crippen LogP contribution in [0.2, 0.25) is 0 Å². The molecule has 1 aromatic carbocycles. The van der Waals surface area contributed by atoms with Gasteiger partial charge in [-0.15, -0.1) is 0 Å². The maximum absolute atomic E-state index is 13.5. The molecule has 0 aliphatic carbocycles. The zero-order valence-corrected chi connectivity index (χ0v) is 19.2. The smallest absolute Gasteiger partial charge is 0.277 e. The van der Waals surface area contributed by atoms with Gasteiger partial charge in [-0.25, -0.2) is 4.39 Å². The predicted molar refractivity (Wildman–Crippen MR) is 123 cm³/mol. The van der Waals surface area contributed by atoms with Crippen LogP contribution in [0.1, 0.15) is 83.6 Å². The highest BCUT2D eigenvalue weighted by molar-refractivity contribution is 6.35. The van der Waals surface area contributed by atoms with Crippen LogP contribution in [-0.2, 0) is 9.59 Å². The molecule has 1 saturated heterocycles. The van der Waals surface area contributed by atoms with E-state index >= 15 is 0 Å². The third-order valence-electron chi connectivity index (χ3n) is 6.61. The van der Waals surface area contributed by atoms with E-state index in [2.05, 4.69) is 18.7 Å². The Morgan fingerprint density at radius 3 is 2.06 bits per heavy atom. The van der Waals surface area contributed by atoms with Crippen molar-refractivity contribution in [2.45, 2.75) is 78.1 Å². The Morgan fingerprint density at radius 1 is 0.871 bits per heavy atom. The maximum atomic E-state index is 13.5. The summed E-state index contributed by atoms with van der Waals surface area (Å²) in [6, 6.07) is 5.94. The molecule has 1 fully saturated rings. The Bertz CT molecular complexity index is 779. The first-order valence-electron chi connectivity index (χ1n) is 12.1. The third-order valence-corrected chi connectivity index (χ3v) is 6.61. The van der Waals surface area contributed by atoms with Gasteiger partial charge in [0, 0.05) is 19.6 Å². The van der Waals surface area contributed by atoms with Crippen LogP contribution in [0.4, 0.5) is 4.39 Å². The van der Waals surface area contributed by atoms with Gasteiger partial charge in [-0.3, -0.25) is 14.5 Å². The topological polar surface area (TPSA) is 40.6 Å². The van der Waals surface area contributed by atoms with Crippen LogP contribution in [0.3, 0.4) is 0 Å². The zero-order valence-electron chi connectivity index (χ0n) is 19.2. The van der Waals surface area contributed by atoms with Crippen LogP contribution in [0.5, 0.6) is 0 Å². The van der Waals surface area contributed by atoms with Gasteiger partial charge < -0.3 is 4.90 Å². The number of rotatable bonds is 11. The monoisotopic (exact) mass is 428 g/mol. The first kappa shape index (κ1) is 23.5. The number of nitrogens with zero attached hydrogens (tertiary/aromatic N) is 2. The van der Waals surface area contributed by atoms with Gasteiger partial charge in [-0.05, 0) is 42.9 Å². The highest BCUT2D eigenvalue weighted by Gasteiger charge is 2.41. The van der Waals surface area contributed by atoms with Crippen LogP contribution in [-0.4, -0.2) is 41.2 Å². The van der Waals surface area contributed by atoms with E-state index in [4.69, 9.17) is 0 Å². The molecule has 1 aromatic rings. The number of unbranched alkanes of at least 4 members (excludes halogenated alkanes) is 7. The Hall–Kier alpha value is -2.17. The Balaban J connectivity index is 1.67. The number of carbonyl (C=O) groups excluding carboxylic acids is 2. The molecule has 5 heteroatoms. The van der Waals surface area contributed by atoms with E-state index < -0.39 is 0 Å². The second-order valence-corrected chi connectivity index (χ2v) is 9.14. The Morgan fingerprint density at radius 2 is 1.45 bits per heavy atom. The minimum absolute atomic E-state index is 0.179. The molecule has 0 radical (unpaired) electrons. The van der Waals surface area contributed by atoms with Gasteiger partial charge >= 0.3 is 0 Å². The minimum Gasteiger partial charge on any atom is -0.366 e. The molecule has 31 heavy (non-hydrogen) atoms. The van der Waals surface area contributed by atoms with E-state index in [1.165, 1.54) is 49.1 Å². The number of halogens is 1. The molecule has 0 spiro atoms. The van der Waals surface area contributed by atoms with Crippen molar-refractivity contribution >= 4 is 17.4 Å². The van der Waals surface area contributed by atoms with E-state index in [9.17, 15) is 14.0 Å². The number of imide groups is 1. The normalized spacial score (nSPS) is 17.9. The maximum Gasteiger partial charge on any atom is 0.277 e. The molecule has 0 saturated carbocycles. The molecule has 0 N–H and O–H groups in total. The number of carbonyl (C=O) groups is 2. The lowest BCUT2D eigenvalue weighted by Gasteiger charge is -2.32. The second kappa shape index (κ2) is 11.4. The molecule has 170 valence electrons. The molecule has 0 bridgehead atoms. The highest BCUT2D eigenvalue weighted by atomic mass is 19.1. The highest BCUT2D eigenvalue weighted by Crippen LogP contribution is 2.34. The average Bonchev–Trinajstić information content (AvgIpc) is 3.01. The van der Waals surface area contributed by atoms with Gasteiger partial charge in [0.1, 0.15) is 11.5 Å². The lowest BCUT2D eigenvalue weighted by atomic mass is 9.97. The molecule has 0 atom stereocenters. The molecule has 2 aliphatic rings. The molecule has 2 amide bonds. The zero-order chi connectivity index (χ0) is 22.2. The van der Waals surface area contributed by atoms with Crippen LogP contribution in [0, 0.1) is 11.7 Å². The fourth-order valence-corrected chi connectivity index (χ4v) is 4.57. The molecule has 2 aliphatic heterocycles. The van der Waals surface area contributed by atoms with E-state index in [1.54, 1.807) is 12.1 Å². The summed E-state index contributed by atoms with van der Waals surface area (Å²) in [5.74, 6) is -0.119. The van der Waals surface area contributed by atoms with Crippen molar-refractivity contribution < 1.29 is 14.0 Å². The van der Waals surface area contributed by atoms with E-state index in [-0.39, 0.29) is 17.6 Å². The van der Waals surface area contributed by atoms with Crippen LogP contribution >= 0.6 is 0 Å². The summed E-state index contributed by atoms with van der Waals surface area (Å²) in [6.45, 7) is 6.47. The average molecular weight is 429 g/mol. The number of benzene rings is 1. The van der Waals surface area contributed by atoms with Gasteiger partial charge in [0.25, 0.3) is 11.8 Å². The number of likely N-dealkylation sites (tertiary alicyclic amines) is 1. The largest absolute Gasteiger partial charge is 0.366 e. The second-order valence-electron chi connectivity index (χ2n) is 9.14. The fraction of sp³-hybridized carbons (Fsp3) is 0.615. The summed E-state index contributed by atoms with van der Waals surface area (Å²) in [6.07, 6.45) is 11.4. The van der Waals surface area contributed by atoms with Crippen molar-refractivity contribution in [2.75, 3.05) is 19.6 Å². The summed E-state index contributed by atoms with van der Waals surface area (Å²) in [5.41, 5.74) is 1.59. The van der Waals surface area contributed by atoms with Crippen molar-refractivity contribution in [1.82, 2.24) is 9.80 Å². The third kappa shape index (κ3) is 5.96. The summed E-state index contributed by atoms with van der Waals surface area (Å²) in [7, 11) is 0. The number of piperidine rings is 1. The van der Waals surface area contributed by atoms with Gasteiger partial charge in [-0.1, -0.05) is 70.9 Å². The molecule has 2 heterocycles. The minimum atomic E-state index is -0.342.